The molecule has 0 aromatic heterocycles. The maximum atomic E-state index is 11.7. The van der Waals surface area contributed by atoms with Gasteiger partial charge in [0.2, 0.25) is 5.91 Å². The highest BCUT2D eigenvalue weighted by atomic mass is 16.2. The average Bonchev–Trinajstić information content (AvgIpc) is 2.19. The number of unbranched alkanes of at least 4 members (excludes halogenated alkanes) is 1. The van der Waals surface area contributed by atoms with Crippen LogP contribution in [0.1, 0.15) is 33.1 Å². The summed E-state index contributed by atoms with van der Waals surface area (Å²) in [7, 11) is 0. The number of rotatable bonds is 7. The van der Waals surface area contributed by atoms with Crippen molar-refractivity contribution in [2.45, 2.75) is 39.2 Å². The fourth-order valence-electron chi connectivity index (χ4n) is 1.40. The minimum atomic E-state index is -0.346. The first-order valence-corrected chi connectivity index (χ1v) is 5.41. The highest BCUT2D eigenvalue weighted by Crippen LogP contribution is 2.02. The van der Waals surface area contributed by atoms with Gasteiger partial charge < -0.3 is 16.4 Å². The van der Waals surface area contributed by atoms with Gasteiger partial charge in [0.1, 0.15) is 0 Å². The van der Waals surface area contributed by atoms with Gasteiger partial charge in [-0.15, -0.1) is 0 Å². The highest BCUT2D eigenvalue weighted by molar-refractivity contribution is 5.81. The van der Waals surface area contributed by atoms with Gasteiger partial charge in [0.05, 0.1) is 6.04 Å². The molecule has 0 fully saturated rings. The molecular weight excluding hydrogens is 178 g/mol. The van der Waals surface area contributed by atoms with E-state index in [9.17, 15) is 4.79 Å². The van der Waals surface area contributed by atoms with E-state index in [2.05, 4.69) is 0 Å². The third-order valence-corrected chi connectivity index (χ3v) is 2.36. The lowest BCUT2D eigenvalue weighted by Gasteiger charge is -2.22. The van der Waals surface area contributed by atoms with Gasteiger partial charge in [-0.1, -0.05) is 6.42 Å². The molecule has 4 N–H and O–H groups in total. The molecule has 0 aromatic rings. The Bertz CT molecular complexity index is 157. The van der Waals surface area contributed by atoms with Crippen LogP contribution in [0.15, 0.2) is 0 Å². The highest BCUT2D eigenvalue weighted by Gasteiger charge is 2.17. The second-order valence-electron chi connectivity index (χ2n) is 3.40. The van der Waals surface area contributed by atoms with Crippen LogP contribution in [0.4, 0.5) is 0 Å². The van der Waals surface area contributed by atoms with E-state index in [4.69, 9.17) is 11.5 Å². The van der Waals surface area contributed by atoms with E-state index in [-0.39, 0.29) is 11.9 Å². The third-order valence-electron chi connectivity index (χ3n) is 2.36. The largest absolute Gasteiger partial charge is 0.342 e. The van der Waals surface area contributed by atoms with E-state index >= 15 is 0 Å². The van der Waals surface area contributed by atoms with Gasteiger partial charge in [-0.3, -0.25) is 4.79 Å². The lowest BCUT2D eigenvalue weighted by atomic mass is 10.1. The van der Waals surface area contributed by atoms with E-state index in [1.807, 2.05) is 13.8 Å². The van der Waals surface area contributed by atoms with Crippen LogP contribution in [-0.4, -0.2) is 36.5 Å². The van der Waals surface area contributed by atoms with E-state index in [0.717, 1.165) is 32.4 Å². The van der Waals surface area contributed by atoms with Gasteiger partial charge in [-0.05, 0) is 33.2 Å². The van der Waals surface area contributed by atoms with Crippen molar-refractivity contribution in [3.05, 3.63) is 0 Å². The van der Waals surface area contributed by atoms with Gasteiger partial charge in [0, 0.05) is 13.1 Å². The molecule has 0 spiro atoms. The average molecular weight is 201 g/mol. The number of carbonyl (C=O) groups is 1. The number of amides is 1. The van der Waals surface area contributed by atoms with Crippen molar-refractivity contribution in [1.29, 1.82) is 0 Å². The Morgan fingerprint density at radius 1 is 1.29 bits per heavy atom. The normalized spacial score (nSPS) is 12.6. The van der Waals surface area contributed by atoms with Crippen molar-refractivity contribution in [2.75, 3.05) is 19.6 Å². The number of likely N-dealkylation sites (N-methyl/N-ethyl adjacent to an activating group) is 1. The second-order valence-corrected chi connectivity index (χ2v) is 3.40. The van der Waals surface area contributed by atoms with Crippen LogP contribution in [0.3, 0.4) is 0 Å². The summed E-state index contributed by atoms with van der Waals surface area (Å²) < 4.78 is 0. The van der Waals surface area contributed by atoms with E-state index in [1.165, 1.54) is 0 Å². The Morgan fingerprint density at radius 2 is 1.86 bits per heavy atom. The third kappa shape index (κ3) is 4.58. The monoisotopic (exact) mass is 201 g/mol. The zero-order valence-electron chi connectivity index (χ0n) is 9.33. The molecule has 1 amide bonds. The second kappa shape index (κ2) is 7.76. The molecule has 0 radical (unpaired) electrons. The van der Waals surface area contributed by atoms with Crippen molar-refractivity contribution in [1.82, 2.24) is 4.90 Å². The van der Waals surface area contributed by atoms with Gasteiger partial charge >= 0.3 is 0 Å². The van der Waals surface area contributed by atoms with Crippen molar-refractivity contribution in [2.24, 2.45) is 11.5 Å². The Kier molecular flexibility index (Phi) is 7.42. The smallest absolute Gasteiger partial charge is 0.239 e. The van der Waals surface area contributed by atoms with Gasteiger partial charge in [-0.2, -0.15) is 0 Å². The fraction of sp³-hybridized carbons (Fsp3) is 0.900. The van der Waals surface area contributed by atoms with Crippen LogP contribution < -0.4 is 11.5 Å². The Labute approximate surface area is 86.6 Å². The molecule has 0 saturated carbocycles. The molecule has 14 heavy (non-hydrogen) atoms. The summed E-state index contributed by atoms with van der Waals surface area (Å²) in [5, 5.41) is 0. The Hall–Kier alpha value is -0.610. The van der Waals surface area contributed by atoms with Crippen molar-refractivity contribution in [3.63, 3.8) is 0 Å². The van der Waals surface area contributed by atoms with Gasteiger partial charge in [0.15, 0.2) is 0 Å². The van der Waals surface area contributed by atoms with Gasteiger partial charge in [-0.25, -0.2) is 0 Å². The number of nitrogens with two attached hydrogens (primary N) is 2. The molecule has 84 valence electrons. The lowest BCUT2D eigenvalue weighted by Crippen LogP contribution is -2.43. The summed E-state index contributed by atoms with van der Waals surface area (Å²) in [6.07, 6.45) is 2.62. The van der Waals surface area contributed by atoms with Crippen LogP contribution >= 0.6 is 0 Å². The molecule has 1 atom stereocenters. The summed E-state index contributed by atoms with van der Waals surface area (Å²) in [4.78, 5) is 13.4. The Morgan fingerprint density at radius 3 is 2.29 bits per heavy atom. The van der Waals surface area contributed by atoms with Crippen LogP contribution in [0.2, 0.25) is 0 Å². The predicted octanol–water partition coefficient (Wildman–Crippen LogP) is 0.311. The first kappa shape index (κ1) is 13.4. The molecule has 0 aliphatic heterocycles. The number of nitrogens with zero attached hydrogens (tertiary/aromatic N) is 1. The Balaban J connectivity index is 3.84. The molecule has 4 nitrogen and oxygen atoms in total. The van der Waals surface area contributed by atoms with Crippen molar-refractivity contribution >= 4 is 5.91 Å². The van der Waals surface area contributed by atoms with Crippen LogP contribution in [0.5, 0.6) is 0 Å². The van der Waals surface area contributed by atoms with E-state index in [0.29, 0.717) is 6.54 Å². The molecular formula is C10H23N3O. The molecule has 4 heteroatoms. The molecule has 0 unspecified atom stereocenters. The lowest BCUT2D eigenvalue weighted by molar-refractivity contribution is -0.132. The number of carbonyl (C=O) groups excluding carboxylic acids is 1. The number of hydrogen-bond acceptors (Lipinski definition) is 3. The topological polar surface area (TPSA) is 72.3 Å². The standard InChI is InChI=1S/C10H23N3O/c1-3-13(4-2)10(14)9(12)7-5-6-8-11/h9H,3-8,11-12H2,1-2H3/t9-/m0/s1. The molecule has 0 bridgehead atoms. The van der Waals surface area contributed by atoms with Crippen LogP contribution in [-0.2, 0) is 4.79 Å². The quantitative estimate of drug-likeness (QED) is 0.582. The van der Waals surface area contributed by atoms with Gasteiger partial charge in [0.25, 0.3) is 0 Å². The molecule has 0 heterocycles. The van der Waals surface area contributed by atoms with Crippen LogP contribution in [0.25, 0.3) is 0 Å². The summed E-state index contributed by atoms with van der Waals surface area (Å²) in [5.74, 6) is 0.0621. The summed E-state index contributed by atoms with van der Waals surface area (Å²) in [6.45, 7) is 6.08. The molecule has 0 aromatic carbocycles. The zero-order valence-corrected chi connectivity index (χ0v) is 9.33. The molecule has 0 saturated heterocycles. The minimum absolute atomic E-state index is 0.0621. The molecule has 0 aliphatic carbocycles. The maximum absolute atomic E-state index is 11.7. The zero-order chi connectivity index (χ0) is 11.0. The SMILES string of the molecule is CCN(CC)C(=O)[C@@H](N)CCCCN. The van der Waals surface area contributed by atoms with E-state index in [1.54, 1.807) is 4.90 Å². The predicted molar refractivity (Wildman–Crippen MR) is 58.8 cm³/mol. The molecule has 0 aliphatic rings. The first-order chi connectivity index (χ1) is 6.67. The van der Waals surface area contributed by atoms with Crippen molar-refractivity contribution < 1.29 is 4.79 Å². The van der Waals surface area contributed by atoms with E-state index < -0.39 is 0 Å². The summed E-state index contributed by atoms with van der Waals surface area (Å²) in [6, 6.07) is -0.346. The first-order valence-electron chi connectivity index (χ1n) is 5.41. The minimum Gasteiger partial charge on any atom is -0.342 e. The molecule has 0 rings (SSSR count). The van der Waals surface area contributed by atoms with Crippen LogP contribution in [0, 0.1) is 0 Å². The summed E-state index contributed by atoms with van der Waals surface area (Å²) >= 11 is 0. The fourth-order valence-corrected chi connectivity index (χ4v) is 1.40. The maximum Gasteiger partial charge on any atom is 0.239 e. The number of hydrogen-bond donors (Lipinski definition) is 2. The van der Waals surface area contributed by atoms with Crippen molar-refractivity contribution in [3.8, 4) is 0 Å². The summed E-state index contributed by atoms with van der Waals surface area (Å²) in [5.41, 5.74) is 11.1.